The summed E-state index contributed by atoms with van der Waals surface area (Å²) in [6.45, 7) is 2.06. The largest absolute Gasteiger partial charge is 0.383 e. The molecule has 3 N–H and O–H groups in total. The molecule has 1 atom stereocenters. The molecule has 1 aromatic rings. The molecule has 1 fully saturated rings. The Morgan fingerprint density at radius 3 is 2.32 bits per heavy atom. The number of piperazine rings is 1. The predicted octanol–water partition coefficient (Wildman–Crippen LogP) is -0.269. The predicted molar refractivity (Wildman–Crippen MR) is 75.7 cm³/mol. The molecule has 0 unspecified atom stereocenters. The lowest BCUT2D eigenvalue weighted by Crippen LogP contribution is -2.50. The van der Waals surface area contributed by atoms with E-state index >= 15 is 0 Å². The lowest BCUT2D eigenvalue weighted by Gasteiger charge is -2.36. The van der Waals surface area contributed by atoms with E-state index in [2.05, 4.69) is 0 Å². The third kappa shape index (κ3) is 3.92. The number of aliphatic hydroxyl groups excluding tert-OH is 1. The fourth-order valence-corrected chi connectivity index (χ4v) is 2.33. The lowest BCUT2D eigenvalue weighted by molar-refractivity contribution is -0.144. The number of hydrogen-bond acceptors (Lipinski definition) is 5. The molecular weight excluding hydrogens is 293 g/mol. The van der Waals surface area contributed by atoms with Gasteiger partial charge in [-0.05, 0) is 24.3 Å². The summed E-state index contributed by atoms with van der Waals surface area (Å²) in [5, 5.41) is 17.8. The van der Waals surface area contributed by atoms with Gasteiger partial charge in [-0.1, -0.05) is 0 Å². The first kappa shape index (κ1) is 16.2. The Kier molecular flexibility index (Phi) is 5.29. The number of halogens is 1. The maximum atomic E-state index is 12.9. The molecule has 2 rings (SSSR count). The van der Waals surface area contributed by atoms with Crippen LogP contribution in [0.1, 0.15) is 6.42 Å². The van der Waals surface area contributed by atoms with E-state index in [0.29, 0.717) is 26.2 Å². The number of hydroxylamine groups is 1. The van der Waals surface area contributed by atoms with Gasteiger partial charge in [0, 0.05) is 31.9 Å². The number of rotatable bonds is 4. The summed E-state index contributed by atoms with van der Waals surface area (Å²) < 4.78 is 12.9. The van der Waals surface area contributed by atoms with Crippen molar-refractivity contribution < 1.29 is 24.3 Å². The Balaban J connectivity index is 1.85. The number of aliphatic hydroxyl groups is 1. The standard InChI is InChI=1S/C14H18FN3O4/c15-10-1-3-11(4-2-10)17-5-7-18(8-6-17)13(20)9-12(19)14(21)16-22/h1-4,12,19,22H,5-9H2,(H,16,21)/t12-/m1/s1. The van der Waals surface area contributed by atoms with Crippen LogP contribution in [-0.4, -0.2) is 59.3 Å². The van der Waals surface area contributed by atoms with Crippen LogP contribution >= 0.6 is 0 Å². The summed E-state index contributed by atoms with van der Waals surface area (Å²) in [6, 6.07) is 6.14. The average molecular weight is 311 g/mol. The van der Waals surface area contributed by atoms with Gasteiger partial charge in [0.2, 0.25) is 5.91 Å². The minimum atomic E-state index is -1.56. The van der Waals surface area contributed by atoms with E-state index in [-0.39, 0.29) is 18.1 Å². The van der Waals surface area contributed by atoms with Crippen LogP contribution in [0.5, 0.6) is 0 Å². The topological polar surface area (TPSA) is 93.1 Å². The molecule has 1 aliphatic rings. The minimum Gasteiger partial charge on any atom is -0.383 e. The zero-order valence-corrected chi connectivity index (χ0v) is 11.9. The minimum absolute atomic E-state index is 0.297. The van der Waals surface area contributed by atoms with Gasteiger partial charge in [-0.15, -0.1) is 0 Å². The number of nitrogens with one attached hydrogen (secondary N) is 1. The van der Waals surface area contributed by atoms with Crippen LogP contribution in [0.25, 0.3) is 0 Å². The quantitative estimate of drug-likeness (QED) is 0.526. The van der Waals surface area contributed by atoms with Crippen LogP contribution in [0.2, 0.25) is 0 Å². The fourth-order valence-electron chi connectivity index (χ4n) is 2.33. The number of nitrogens with zero attached hydrogens (tertiary/aromatic N) is 2. The number of hydrogen-bond donors (Lipinski definition) is 3. The molecule has 22 heavy (non-hydrogen) atoms. The second-order valence-corrected chi connectivity index (χ2v) is 5.04. The van der Waals surface area contributed by atoms with E-state index in [1.54, 1.807) is 17.0 Å². The molecule has 8 heteroatoms. The van der Waals surface area contributed by atoms with Crippen LogP contribution in [-0.2, 0) is 9.59 Å². The van der Waals surface area contributed by atoms with E-state index in [1.807, 2.05) is 4.90 Å². The summed E-state index contributed by atoms with van der Waals surface area (Å²) in [4.78, 5) is 26.5. The normalized spacial score (nSPS) is 16.3. The molecule has 0 spiro atoms. The average Bonchev–Trinajstić information content (AvgIpc) is 2.54. The number of benzene rings is 1. The number of carbonyl (C=O) groups is 2. The maximum Gasteiger partial charge on any atom is 0.272 e. The third-order valence-corrected chi connectivity index (χ3v) is 3.60. The second-order valence-electron chi connectivity index (χ2n) is 5.04. The Morgan fingerprint density at radius 2 is 1.77 bits per heavy atom. The Morgan fingerprint density at radius 1 is 1.18 bits per heavy atom. The number of anilines is 1. The van der Waals surface area contributed by atoms with Gasteiger partial charge in [-0.25, -0.2) is 9.87 Å². The molecule has 1 aliphatic heterocycles. The monoisotopic (exact) mass is 311 g/mol. The SMILES string of the molecule is O=C(NO)[C@H](O)CC(=O)N1CCN(c2ccc(F)cc2)CC1. The van der Waals surface area contributed by atoms with Gasteiger partial charge in [0.25, 0.3) is 5.91 Å². The molecule has 2 amide bonds. The van der Waals surface area contributed by atoms with E-state index in [0.717, 1.165) is 5.69 Å². The molecule has 7 nitrogen and oxygen atoms in total. The van der Waals surface area contributed by atoms with Crippen LogP contribution in [0.4, 0.5) is 10.1 Å². The molecule has 0 aliphatic carbocycles. The van der Waals surface area contributed by atoms with Crippen molar-refractivity contribution in [3.63, 3.8) is 0 Å². The Bertz CT molecular complexity index is 529. The summed E-state index contributed by atoms with van der Waals surface area (Å²) >= 11 is 0. The van der Waals surface area contributed by atoms with Crippen molar-refractivity contribution in [2.45, 2.75) is 12.5 Å². The fraction of sp³-hybridized carbons (Fsp3) is 0.429. The summed E-state index contributed by atoms with van der Waals surface area (Å²) in [7, 11) is 0. The van der Waals surface area contributed by atoms with Crippen molar-refractivity contribution >= 4 is 17.5 Å². The van der Waals surface area contributed by atoms with Crippen LogP contribution in [0.15, 0.2) is 24.3 Å². The first-order valence-electron chi connectivity index (χ1n) is 6.91. The Hall–Kier alpha value is -2.19. The number of amides is 2. The van der Waals surface area contributed by atoms with Gasteiger partial charge in [-0.3, -0.25) is 14.8 Å². The van der Waals surface area contributed by atoms with Gasteiger partial charge in [0.15, 0.2) is 0 Å². The summed E-state index contributed by atoms with van der Waals surface area (Å²) in [5.41, 5.74) is 2.19. The zero-order chi connectivity index (χ0) is 16.1. The van der Waals surface area contributed by atoms with Crippen LogP contribution < -0.4 is 10.4 Å². The molecule has 0 saturated carbocycles. The van der Waals surface area contributed by atoms with Gasteiger partial charge in [0.05, 0.1) is 6.42 Å². The second kappa shape index (κ2) is 7.19. The highest BCUT2D eigenvalue weighted by Crippen LogP contribution is 2.17. The molecule has 1 aromatic carbocycles. The summed E-state index contributed by atoms with van der Waals surface area (Å²) in [6.07, 6.45) is -1.93. The molecule has 0 bridgehead atoms. The summed E-state index contributed by atoms with van der Waals surface area (Å²) in [5.74, 6) is -1.65. The van der Waals surface area contributed by atoms with Crippen LogP contribution in [0.3, 0.4) is 0 Å². The smallest absolute Gasteiger partial charge is 0.272 e. The van der Waals surface area contributed by atoms with Gasteiger partial charge < -0.3 is 14.9 Å². The van der Waals surface area contributed by atoms with Gasteiger partial charge in [-0.2, -0.15) is 0 Å². The van der Waals surface area contributed by atoms with Crippen molar-refractivity contribution in [3.8, 4) is 0 Å². The van der Waals surface area contributed by atoms with E-state index in [4.69, 9.17) is 5.21 Å². The van der Waals surface area contributed by atoms with Crippen LogP contribution in [0, 0.1) is 5.82 Å². The van der Waals surface area contributed by atoms with Crippen molar-refractivity contribution in [1.82, 2.24) is 10.4 Å². The van der Waals surface area contributed by atoms with Crippen molar-refractivity contribution in [2.24, 2.45) is 0 Å². The highest BCUT2D eigenvalue weighted by Gasteiger charge is 2.25. The number of carbonyl (C=O) groups excluding carboxylic acids is 2. The van der Waals surface area contributed by atoms with Gasteiger partial charge >= 0.3 is 0 Å². The molecule has 0 aromatic heterocycles. The first-order valence-corrected chi connectivity index (χ1v) is 6.91. The molecular formula is C14H18FN3O4. The van der Waals surface area contributed by atoms with Gasteiger partial charge in [0.1, 0.15) is 11.9 Å². The lowest BCUT2D eigenvalue weighted by atomic mass is 10.2. The highest BCUT2D eigenvalue weighted by atomic mass is 19.1. The Labute approximate surface area is 126 Å². The molecule has 0 radical (unpaired) electrons. The molecule has 120 valence electrons. The molecule has 1 heterocycles. The van der Waals surface area contributed by atoms with Crippen molar-refractivity contribution in [1.29, 1.82) is 0 Å². The van der Waals surface area contributed by atoms with Crippen molar-refractivity contribution in [2.75, 3.05) is 31.1 Å². The van der Waals surface area contributed by atoms with E-state index in [9.17, 15) is 19.1 Å². The molecule has 1 saturated heterocycles. The van der Waals surface area contributed by atoms with Crippen molar-refractivity contribution in [3.05, 3.63) is 30.1 Å². The highest BCUT2D eigenvalue weighted by molar-refractivity contribution is 5.86. The van der Waals surface area contributed by atoms with E-state index < -0.39 is 12.0 Å². The zero-order valence-electron chi connectivity index (χ0n) is 11.9. The van der Waals surface area contributed by atoms with E-state index in [1.165, 1.54) is 17.6 Å². The first-order chi connectivity index (χ1) is 10.5. The third-order valence-electron chi connectivity index (χ3n) is 3.60. The maximum absolute atomic E-state index is 12.9.